The molecule has 3 N–H and O–H groups in total. The third-order valence-electron chi connectivity index (χ3n) is 1.80. The second-order valence-corrected chi connectivity index (χ2v) is 2.79. The van der Waals surface area contributed by atoms with Crippen LogP contribution < -0.4 is 5.73 Å². The van der Waals surface area contributed by atoms with Gasteiger partial charge in [0.05, 0.1) is 6.67 Å². The van der Waals surface area contributed by atoms with Gasteiger partial charge in [-0.15, -0.1) is 0 Å². The SMILES string of the molecule is N[C@@H](CCF)c1ccc(O)cc1F. The van der Waals surface area contributed by atoms with E-state index in [2.05, 4.69) is 0 Å². The zero-order valence-electron chi connectivity index (χ0n) is 7.00. The molecular weight excluding hydrogens is 176 g/mol. The number of alkyl halides is 1. The molecule has 1 atom stereocenters. The van der Waals surface area contributed by atoms with Gasteiger partial charge in [-0.3, -0.25) is 4.39 Å². The summed E-state index contributed by atoms with van der Waals surface area (Å²) >= 11 is 0. The van der Waals surface area contributed by atoms with E-state index in [1.54, 1.807) is 0 Å². The van der Waals surface area contributed by atoms with Crippen molar-refractivity contribution in [2.45, 2.75) is 12.5 Å². The second kappa shape index (κ2) is 4.18. The van der Waals surface area contributed by atoms with Gasteiger partial charge in [-0.1, -0.05) is 6.07 Å². The fourth-order valence-electron chi connectivity index (χ4n) is 1.09. The minimum atomic E-state index is -0.648. The Labute approximate surface area is 75.0 Å². The Hall–Kier alpha value is -1.16. The van der Waals surface area contributed by atoms with E-state index >= 15 is 0 Å². The third kappa shape index (κ3) is 2.39. The van der Waals surface area contributed by atoms with Crippen LogP contribution in [0.2, 0.25) is 0 Å². The van der Waals surface area contributed by atoms with Crippen molar-refractivity contribution in [3.8, 4) is 5.75 Å². The molecule has 0 bridgehead atoms. The molecule has 0 aliphatic rings. The van der Waals surface area contributed by atoms with E-state index in [-0.39, 0.29) is 17.7 Å². The Morgan fingerprint density at radius 2 is 2.15 bits per heavy atom. The highest BCUT2D eigenvalue weighted by Gasteiger charge is 2.11. The number of nitrogens with two attached hydrogens (primary N) is 1. The molecule has 0 amide bonds. The predicted molar refractivity (Wildman–Crippen MR) is 45.6 cm³/mol. The number of hydrogen-bond donors (Lipinski definition) is 2. The molecule has 2 nitrogen and oxygen atoms in total. The maximum absolute atomic E-state index is 13.1. The van der Waals surface area contributed by atoms with Crippen LogP contribution in [0.25, 0.3) is 0 Å². The van der Waals surface area contributed by atoms with Crippen LogP contribution in [0.3, 0.4) is 0 Å². The number of hydrogen-bond acceptors (Lipinski definition) is 2. The minimum absolute atomic E-state index is 0.0850. The average Bonchev–Trinajstić information content (AvgIpc) is 2.04. The van der Waals surface area contributed by atoms with Crippen molar-refractivity contribution in [3.05, 3.63) is 29.6 Å². The van der Waals surface area contributed by atoms with Gasteiger partial charge in [0, 0.05) is 17.7 Å². The Kier molecular flexibility index (Phi) is 3.19. The smallest absolute Gasteiger partial charge is 0.131 e. The van der Waals surface area contributed by atoms with Gasteiger partial charge < -0.3 is 10.8 Å². The van der Waals surface area contributed by atoms with Crippen LogP contribution in [0.15, 0.2) is 18.2 Å². The molecule has 0 aliphatic heterocycles. The minimum Gasteiger partial charge on any atom is -0.508 e. The van der Waals surface area contributed by atoms with E-state index in [1.165, 1.54) is 12.1 Å². The molecule has 1 aromatic carbocycles. The summed E-state index contributed by atoms with van der Waals surface area (Å²) in [6.07, 6.45) is 0.0850. The molecule has 0 fully saturated rings. The van der Waals surface area contributed by atoms with E-state index in [0.29, 0.717) is 0 Å². The van der Waals surface area contributed by atoms with Crippen molar-refractivity contribution in [2.75, 3.05) is 6.67 Å². The first-order valence-corrected chi connectivity index (χ1v) is 3.95. The predicted octanol–water partition coefficient (Wildman–Crippen LogP) is 1.89. The molecule has 0 saturated heterocycles. The molecule has 13 heavy (non-hydrogen) atoms. The Balaban J connectivity index is 2.88. The number of aromatic hydroxyl groups is 1. The van der Waals surface area contributed by atoms with Gasteiger partial charge in [0.15, 0.2) is 0 Å². The first-order valence-electron chi connectivity index (χ1n) is 3.95. The zero-order valence-corrected chi connectivity index (χ0v) is 7.00. The molecule has 0 heterocycles. The molecule has 0 unspecified atom stereocenters. The van der Waals surface area contributed by atoms with Crippen molar-refractivity contribution < 1.29 is 13.9 Å². The number of halogens is 2. The molecule has 1 aromatic rings. The van der Waals surface area contributed by atoms with Gasteiger partial charge in [0.1, 0.15) is 11.6 Å². The highest BCUT2D eigenvalue weighted by Crippen LogP contribution is 2.21. The molecule has 0 aliphatic carbocycles. The number of benzene rings is 1. The maximum Gasteiger partial charge on any atom is 0.131 e. The van der Waals surface area contributed by atoms with Gasteiger partial charge in [0.2, 0.25) is 0 Å². The van der Waals surface area contributed by atoms with Crippen molar-refractivity contribution in [3.63, 3.8) is 0 Å². The summed E-state index contributed by atoms with van der Waals surface area (Å²) in [6, 6.07) is 3.01. The zero-order chi connectivity index (χ0) is 9.84. The molecular formula is C9H11F2NO. The number of phenols is 1. The fraction of sp³-hybridized carbons (Fsp3) is 0.333. The summed E-state index contributed by atoms with van der Waals surface area (Å²) in [4.78, 5) is 0. The monoisotopic (exact) mass is 187 g/mol. The van der Waals surface area contributed by atoms with Crippen LogP contribution in [0.5, 0.6) is 5.75 Å². The topological polar surface area (TPSA) is 46.2 Å². The van der Waals surface area contributed by atoms with Crippen molar-refractivity contribution in [2.24, 2.45) is 5.73 Å². The first kappa shape index (κ1) is 9.92. The van der Waals surface area contributed by atoms with Crippen LogP contribution in [-0.4, -0.2) is 11.8 Å². The van der Waals surface area contributed by atoms with E-state index in [4.69, 9.17) is 10.8 Å². The Morgan fingerprint density at radius 1 is 1.46 bits per heavy atom. The third-order valence-corrected chi connectivity index (χ3v) is 1.80. The standard InChI is InChI=1S/C9H11F2NO/c10-4-3-9(12)7-2-1-6(13)5-8(7)11/h1-2,5,9,13H,3-4,12H2/t9-/m0/s1. The number of phenolic OH excluding ortho intramolecular Hbond substituents is 1. The quantitative estimate of drug-likeness (QED) is 0.759. The summed E-state index contributed by atoms with van der Waals surface area (Å²) < 4.78 is 25.0. The average molecular weight is 187 g/mol. The highest BCUT2D eigenvalue weighted by molar-refractivity contribution is 5.29. The first-order chi connectivity index (χ1) is 6.15. The van der Waals surface area contributed by atoms with Crippen LogP contribution in [-0.2, 0) is 0 Å². The molecule has 4 heteroatoms. The maximum atomic E-state index is 13.1. The highest BCUT2D eigenvalue weighted by atomic mass is 19.1. The van der Waals surface area contributed by atoms with Crippen LogP contribution in [0.1, 0.15) is 18.0 Å². The molecule has 72 valence electrons. The molecule has 0 spiro atoms. The summed E-state index contributed by atoms with van der Waals surface area (Å²) in [5.41, 5.74) is 5.73. The lowest BCUT2D eigenvalue weighted by atomic mass is 10.0. The van der Waals surface area contributed by atoms with Crippen LogP contribution in [0, 0.1) is 5.82 Å². The van der Waals surface area contributed by atoms with Gasteiger partial charge in [0.25, 0.3) is 0 Å². The molecule has 0 saturated carbocycles. The summed E-state index contributed by atoms with van der Waals surface area (Å²) in [5.74, 6) is -0.755. The van der Waals surface area contributed by atoms with Gasteiger partial charge in [-0.05, 0) is 12.5 Å². The normalized spacial score (nSPS) is 12.8. The van der Waals surface area contributed by atoms with Gasteiger partial charge in [-0.25, -0.2) is 4.39 Å². The summed E-state index contributed by atoms with van der Waals surface area (Å²) in [5, 5.41) is 8.89. The number of rotatable bonds is 3. The second-order valence-electron chi connectivity index (χ2n) is 2.79. The van der Waals surface area contributed by atoms with E-state index in [0.717, 1.165) is 6.07 Å². The van der Waals surface area contributed by atoms with E-state index in [1.807, 2.05) is 0 Å². The van der Waals surface area contributed by atoms with Crippen molar-refractivity contribution in [1.82, 2.24) is 0 Å². The van der Waals surface area contributed by atoms with Crippen molar-refractivity contribution >= 4 is 0 Å². The van der Waals surface area contributed by atoms with E-state index < -0.39 is 18.5 Å². The summed E-state index contributed by atoms with van der Waals surface area (Å²) in [7, 11) is 0. The Bertz CT molecular complexity index is 291. The Morgan fingerprint density at radius 3 is 2.69 bits per heavy atom. The largest absolute Gasteiger partial charge is 0.508 e. The lowest BCUT2D eigenvalue weighted by molar-refractivity contribution is 0.432. The lowest BCUT2D eigenvalue weighted by Crippen LogP contribution is -2.12. The molecule has 0 radical (unpaired) electrons. The van der Waals surface area contributed by atoms with Gasteiger partial charge in [-0.2, -0.15) is 0 Å². The summed E-state index contributed by atoms with van der Waals surface area (Å²) in [6.45, 7) is -0.582. The molecule has 0 aromatic heterocycles. The van der Waals surface area contributed by atoms with E-state index in [9.17, 15) is 8.78 Å². The van der Waals surface area contributed by atoms with Crippen LogP contribution >= 0.6 is 0 Å². The van der Waals surface area contributed by atoms with Crippen molar-refractivity contribution in [1.29, 1.82) is 0 Å². The lowest BCUT2D eigenvalue weighted by Gasteiger charge is -2.10. The fourth-order valence-corrected chi connectivity index (χ4v) is 1.09. The molecule has 1 rings (SSSR count). The van der Waals surface area contributed by atoms with Crippen LogP contribution in [0.4, 0.5) is 8.78 Å². The van der Waals surface area contributed by atoms with Gasteiger partial charge >= 0.3 is 0 Å².